The van der Waals surface area contributed by atoms with Crippen LogP contribution in [0.25, 0.3) is 0 Å². The van der Waals surface area contributed by atoms with E-state index in [2.05, 4.69) is 17.0 Å². The second kappa shape index (κ2) is 1.01. The van der Waals surface area contributed by atoms with Crippen molar-refractivity contribution in [2.75, 3.05) is 0 Å². The number of carbonyl (C=O) groups excluding carboxylic acids is 1. The second-order valence-corrected chi connectivity index (χ2v) is 1.48. The van der Waals surface area contributed by atoms with Gasteiger partial charge in [0, 0.05) is 0 Å². The van der Waals surface area contributed by atoms with Gasteiger partial charge in [-0.15, -0.1) is 0 Å². The number of cyclic esters (lactones) is 1. The van der Waals surface area contributed by atoms with Gasteiger partial charge in [-0.2, -0.15) is 0 Å². The molecule has 0 aromatic rings. The van der Waals surface area contributed by atoms with Crippen molar-refractivity contribution in [2.24, 2.45) is 0 Å². The summed E-state index contributed by atoms with van der Waals surface area (Å²) < 4.78 is 4.23. The quantitative estimate of drug-likeness (QED) is 0.324. The number of ether oxygens (including phenoxy) is 1. The maximum Gasteiger partial charge on any atom is 0.320 e. The standard InChI is InChI=1S/C3H2O2S/c4-2-1-3(6)5-2/h1H2. The summed E-state index contributed by atoms with van der Waals surface area (Å²) in [5.74, 6) is -0.208. The molecule has 1 heterocycles. The van der Waals surface area contributed by atoms with Gasteiger partial charge in [-0.05, 0) is 12.2 Å². The van der Waals surface area contributed by atoms with Gasteiger partial charge in [-0.25, -0.2) is 0 Å². The predicted octanol–water partition coefficient (Wildman–Crippen LogP) is 0.261. The van der Waals surface area contributed by atoms with Crippen LogP contribution in [0.15, 0.2) is 0 Å². The summed E-state index contributed by atoms with van der Waals surface area (Å²) in [5.41, 5.74) is 0. The molecular weight excluding hydrogens is 100 g/mol. The number of esters is 1. The molecule has 1 rings (SSSR count). The van der Waals surface area contributed by atoms with Gasteiger partial charge in [-0.3, -0.25) is 4.79 Å². The lowest BCUT2D eigenvalue weighted by Crippen LogP contribution is -2.24. The zero-order valence-corrected chi connectivity index (χ0v) is 3.75. The maximum absolute atomic E-state index is 9.80. The summed E-state index contributed by atoms with van der Waals surface area (Å²) in [6.07, 6.45) is 0.343. The Labute approximate surface area is 40.1 Å². The van der Waals surface area contributed by atoms with Crippen LogP contribution in [0, 0.1) is 0 Å². The number of rotatable bonds is 0. The molecule has 0 saturated carbocycles. The van der Waals surface area contributed by atoms with Crippen molar-refractivity contribution < 1.29 is 9.53 Å². The highest BCUT2D eigenvalue weighted by Crippen LogP contribution is 2.03. The molecule has 1 fully saturated rings. The highest BCUT2D eigenvalue weighted by Gasteiger charge is 2.20. The Kier molecular flexibility index (Phi) is 0.630. The minimum absolute atomic E-state index is 0.208. The number of hydrogen-bond donors (Lipinski definition) is 0. The average molecular weight is 102 g/mol. The highest BCUT2D eigenvalue weighted by molar-refractivity contribution is 7.80. The summed E-state index contributed by atoms with van der Waals surface area (Å²) in [7, 11) is 0. The molecule has 0 amide bonds. The van der Waals surface area contributed by atoms with E-state index >= 15 is 0 Å². The zero-order valence-electron chi connectivity index (χ0n) is 2.93. The summed E-state index contributed by atoms with van der Waals surface area (Å²) in [6, 6.07) is 0. The lowest BCUT2D eigenvalue weighted by Gasteiger charge is -2.10. The third kappa shape index (κ3) is 0.408. The first kappa shape index (κ1) is 3.74. The fraction of sp³-hybridized carbons (Fsp3) is 0.333. The van der Waals surface area contributed by atoms with E-state index in [1.54, 1.807) is 0 Å². The van der Waals surface area contributed by atoms with Crippen LogP contribution in [0.5, 0.6) is 0 Å². The van der Waals surface area contributed by atoms with Crippen molar-refractivity contribution in [2.45, 2.75) is 6.42 Å². The third-order valence-electron chi connectivity index (χ3n) is 0.516. The fourth-order valence-electron chi connectivity index (χ4n) is 0.236. The molecule has 32 valence electrons. The SMILES string of the molecule is O=C1CC(=S)O1. The van der Waals surface area contributed by atoms with E-state index in [-0.39, 0.29) is 5.97 Å². The van der Waals surface area contributed by atoms with E-state index < -0.39 is 0 Å². The Balaban J connectivity index is 2.47. The minimum atomic E-state index is -0.208. The molecule has 0 unspecified atom stereocenters. The van der Waals surface area contributed by atoms with Crippen molar-refractivity contribution >= 4 is 23.2 Å². The van der Waals surface area contributed by atoms with Crippen molar-refractivity contribution in [3.05, 3.63) is 0 Å². The maximum atomic E-state index is 9.80. The van der Waals surface area contributed by atoms with Gasteiger partial charge >= 0.3 is 5.97 Å². The molecule has 0 N–H and O–H groups in total. The molecule has 1 aliphatic heterocycles. The molecule has 0 aromatic heterocycles. The Morgan fingerprint density at radius 3 is 2.33 bits per heavy atom. The van der Waals surface area contributed by atoms with E-state index in [9.17, 15) is 4.79 Å². The lowest BCUT2D eigenvalue weighted by molar-refractivity contribution is -0.139. The van der Waals surface area contributed by atoms with Gasteiger partial charge in [0.25, 0.3) is 0 Å². The monoisotopic (exact) mass is 102 g/mol. The lowest BCUT2D eigenvalue weighted by atomic mass is 10.4. The normalized spacial score (nSPS) is 19.3. The molecule has 3 heteroatoms. The van der Waals surface area contributed by atoms with Crippen LogP contribution in [0.2, 0.25) is 0 Å². The molecule has 0 bridgehead atoms. The molecule has 6 heavy (non-hydrogen) atoms. The highest BCUT2D eigenvalue weighted by atomic mass is 32.1. The van der Waals surface area contributed by atoms with Crippen molar-refractivity contribution in [3.63, 3.8) is 0 Å². The molecule has 0 spiro atoms. The largest absolute Gasteiger partial charge is 0.418 e. The van der Waals surface area contributed by atoms with Crippen LogP contribution < -0.4 is 0 Å². The molecular formula is C3H2O2S. The third-order valence-corrected chi connectivity index (χ3v) is 0.744. The summed E-state index contributed by atoms with van der Waals surface area (Å²) in [6.45, 7) is 0. The van der Waals surface area contributed by atoms with Crippen molar-refractivity contribution in [1.29, 1.82) is 0 Å². The second-order valence-electron chi connectivity index (χ2n) is 1.02. The molecule has 0 atom stereocenters. The smallest absolute Gasteiger partial charge is 0.320 e. The zero-order chi connectivity index (χ0) is 4.57. The summed E-state index contributed by atoms with van der Waals surface area (Å²) >= 11 is 4.42. The minimum Gasteiger partial charge on any atom is -0.418 e. The van der Waals surface area contributed by atoms with E-state index in [0.717, 1.165) is 0 Å². The van der Waals surface area contributed by atoms with Gasteiger partial charge in [-0.1, -0.05) is 0 Å². The number of hydrogen-bond acceptors (Lipinski definition) is 3. The first-order valence-corrected chi connectivity index (χ1v) is 1.93. The van der Waals surface area contributed by atoms with E-state index in [4.69, 9.17) is 0 Å². The number of thiocarbonyl (C=S) groups is 1. The molecule has 1 saturated heterocycles. The Hall–Kier alpha value is -0.440. The Bertz CT molecular complexity index is 85.4. The van der Waals surface area contributed by atoms with Crippen LogP contribution in [-0.2, 0) is 9.53 Å². The molecule has 0 radical (unpaired) electrons. The summed E-state index contributed by atoms with van der Waals surface area (Å²) in [4.78, 5) is 9.80. The average Bonchev–Trinajstić information content (AvgIpc) is 1.33. The number of carbonyl (C=O) groups is 1. The van der Waals surface area contributed by atoms with Crippen LogP contribution in [0.4, 0.5) is 0 Å². The predicted molar refractivity (Wildman–Crippen MR) is 23.3 cm³/mol. The van der Waals surface area contributed by atoms with Gasteiger partial charge in [0.05, 0.1) is 0 Å². The first-order valence-electron chi connectivity index (χ1n) is 1.52. The topological polar surface area (TPSA) is 26.3 Å². The van der Waals surface area contributed by atoms with E-state index in [1.807, 2.05) is 0 Å². The van der Waals surface area contributed by atoms with Gasteiger partial charge in [0.15, 0.2) is 5.05 Å². The van der Waals surface area contributed by atoms with Crippen molar-refractivity contribution in [3.8, 4) is 0 Å². The van der Waals surface area contributed by atoms with E-state index in [0.29, 0.717) is 11.5 Å². The molecule has 1 aliphatic rings. The van der Waals surface area contributed by atoms with Gasteiger partial charge in [0.1, 0.15) is 6.42 Å². The van der Waals surface area contributed by atoms with Crippen LogP contribution in [0.3, 0.4) is 0 Å². The van der Waals surface area contributed by atoms with Gasteiger partial charge < -0.3 is 4.74 Å². The fourth-order valence-corrected chi connectivity index (χ4v) is 0.447. The Morgan fingerprint density at radius 2 is 2.33 bits per heavy atom. The van der Waals surface area contributed by atoms with Crippen molar-refractivity contribution in [1.82, 2.24) is 0 Å². The molecule has 0 aromatic carbocycles. The first-order chi connectivity index (χ1) is 2.79. The van der Waals surface area contributed by atoms with Crippen LogP contribution in [0.1, 0.15) is 6.42 Å². The van der Waals surface area contributed by atoms with Crippen LogP contribution >= 0.6 is 12.2 Å². The summed E-state index contributed by atoms with van der Waals surface area (Å²) in [5, 5.41) is 0.417. The molecule has 2 nitrogen and oxygen atoms in total. The Morgan fingerprint density at radius 1 is 1.83 bits per heavy atom. The van der Waals surface area contributed by atoms with Gasteiger partial charge in [0.2, 0.25) is 0 Å². The molecule has 0 aliphatic carbocycles. The van der Waals surface area contributed by atoms with Crippen LogP contribution in [-0.4, -0.2) is 11.0 Å². The van der Waals surface area contributed by atoms with E-state index in [1.165, 1.54) is 0 Å².